The van der Waals surface area contributed by atoms with Crippen LogP contribution in [0.25, 0.3) is 17.2 Å². The van der Waals surface area contributed by atoms with E-state index >= 15 is 8.78 Å². The maximum Gasteiger partial charge on any atom is 0.290 e. The molecule has 7 heteroatoms. The van der Waals surface area contributed by atoms with E-state index in [1.54, 1.807) is 0 Å². The molecule has 1 aliphatic heterocycles. The molecule has 1 aliphatic carbocycles. The largest absolute Gasteiger partial charge is 0.493 e. The number of fused-ring (bicyclic) bond motifs is 1. The van der Waals surface area contributed by atoms with Gasteiger partial charge in [-0.15, -0.1) is 0 Å². The highest BCUT2D eigenvalue weighted by Gasteiger charge is 2.38. The first kappa shape index (κ1) is 23.5. The van der Waals surface area contributed by atoms with Crippen LogP contribution in [0.3, 0.4) is 0 Å². The molecule has 2 aromatic carbocycles. The molecule has 1 N–H and O–H groups in total. The molecule has 174 valence electrons. The zero-order valence-electron chi connectivity index (χ0n) is 19.6. The maximum absolute atomic E-state index is 15.9. The smallest absolute Gasteiger partial charge is 0.290 e. The van der Waals surface area contributed by atoms with Crippen LogP contribution < -0.4 is 10.1 Å². The van der Waals surface area contributed by atoms with Crippen LogP contribution in [0.1, 0.15) is 62.8 Å². The van der Waals surface area contributed by atoms with Crippen LogP contribution in [0, 0.1) is 18.6 Å². The van der Waals surface area contributed by atoms with Crippen LogP contribution in [-0.4, -0.2) is 18.3 Å². The number of amides is 2. The number of methoxy groups -OCH3 is 1. The van der Waals surface area contributed by atoms with Crippen LogP contribution in [0.2, 0.25) is 0 Å². The lowest BCUT2D eigenvalue weighted by Crippen LogP contribution is -2.34. The normalized spacial score (nSPS) is 20.1. The van der Waals surface area contributed by atoms with Crippen molar-refractivity contribution in [3.8, 4) is 16.9 Å². The van der Waals surface area contributed by atoms with Crippen molar-refractivity contribution in [3.05, 3.63) is 57.0 Å². The van der Waals surface area contributed by atoms with Crippen molar-refractivity contribution in [1.82, 2.24) is 5.32 Å². The van der Waals surface area contributed by atoms with Gasteiger partial charge in [-0.3, -0.25) is 14.9 Å². The molecule has 2 aromatic rings. The molecule has 2 amide bonds. The SMILES string of the molecule is COc1c(F)cc(/C=C2\SC(=O)NC2=O)c(F)c1-c1cc2c(cc1C)C(C)(C)CCC2(C)C. The standard InChI is InChI=1S/C26H27F2NO3S/c1-13-9-16-17(26(4,5)8-7-25(16,2)3)12-15(13)20-21(28)14(10-18(27)22(20)32-6)11-19-23(30)29-24(31)33-19/h9-12H,7-8H2,1-6H3,(H,29,30,31)/b19-11-. The summed E-state index contributed by atoms with van der Waals surface area (Å²) in [6, 6.07) is 5.03. The molecule has 4 nitrogen and oxygen atoms in total. The molecule has 4 rings (SSSR count). The summed E-state index contributed by atoms with van der Waals surface area (Å²) in [5.74, 6) is -2.27. The Bertz CT molecular complexity index is 1230. The monoisotopic (exact) mass is 471 g/mol. The molecule has 33 heavy (non-hydrogen) atoms. The first-order valence-corrected chi connectivity index (χ1v) is 11.6. The number of nitrogens with one attached hydrogen (secondary N) is 1. The van der Waals surface area contributed by atoms with Crippen molar-refractivity contribution >= 4 is 29.0 Å². The number of carbonyl (C=O) groups excluding carboxylic acids is 2. The fraction of sp³-hybridized carbons (Fsp3) is 0.385. The van der Waals surface area contributed by atoms with Crippen LogP contribution in [0.15, 0.2) is 23.1 Å². The van der Waals surface area contributed by atoms with Gasteiger partial charge in [-0.05, 0) is 82.8 Å². The Hall–Kier alpha value is -2.67. The fourth-order valence-corrected chi connectivity index (χ4v) is 5.40. The number of benzene rings is 2. The van der Waals surface area contributed by atoms with E-state index in [9.17, 15) is 9.59 Å². The summed E-state index contributed by atoms with van der Waals surface area (Å²) in [7, 11) is 1.30. The predicted octanol–water partition coefficient (Wildman–Crippen LogP) is 6.62. The topological polar surface area (TPSA) is 55.4 Å². The minimum Gasteiger partial charge on any atom is -0.493 e. The quantitative estimate of drug-likeness (QED) is 0.511. The lowest BCUT2D eigenvalue weighted by molar-refractivity contribution is -0.115. The maximum atomic E-state index is 15.9. The van der Waals surface area contributed by atoms with Gasteiger partial charge in [-0.25, -0.2) is 8.78 Å². The van der Waals surface area contributed by atoms with Gasteiger partial charge in [-0.2, -0.15) is 0 Å². The van der Waals surface area contributed by atoms with Crippen LogP contribution in [-0.2, 0) is 15.6 Å². The van der Waals surface area contributed by atoms with Crippen LogP contribution in [0.5, 0.6) is 5.75 Å². The summed E-state index contributed by atoms with van der Waals surface area (Å²) in [5.41, 5.74) is 3.45. The number of rotatable bonds is 3. The average molecular weight is 472 g/mol. The van der Waals surface area contributed by atoms with Crippen molar-refractivity contribution in [3.63, 3.8) is 0 Å². The Kier molecular flexibility index (Phi) is 5.68. The number of thioether (sulfide) groups is 1. The van der Waals surface area contributed by atoms with Gasteiger partial charge >= 0.3 is 0 Å². The zero-order chi connectivity index (χ0) is 24.3. The second kappa shape index (κ2) is 7.97. The van der Waals surface area contributed by atoms with Gasteiger partial charge in [0.25, 0.3) is 11.1 Å². The third-order valence-electron chi connectivity index (χ3n) is 6.80. The molecular formula is C26H27F2NO3S. The van der Waals surface area contributed by atoms with Gasteiger partial charge in [0.15, 0.2) is 11.6 Å². The van der Waals surface area contributed by atoms with E-state index in [1.165, 1.54) is 18.7 Å². The lowest BCUT2D eigenvalue weighted by Gasteiger charge is -2.42. The highest BCUT2D eigenvalue weighted by molar-refractivity contribution is 8.18. The van der Waals surface area contributed by atoms with Gasteiger partial charge in [0.2, 0.25) is 0 Å². The fourth-order valence-electron chi connectivity index (χ4n) is 4.73. The van der Waals surface area contributed by atoms with E-state index in [4.69, 9.17) is 4.74 Å². The van der Waals surface area contributed by atoms with Crippen LogP contribution in [0.4, 0.5) is 13.6 Å². The van der Waals surface area contributed by atoms with Crippen molar-refractivity contribution < 1.29 is 23.1 Å². The summed E-state index contributed by atoms with van der Waals surface area (Å²) in [4.78, 5) is 23.5. The zero-order valence-corrected chi connectivity index (χ0v) is 20.4. The molecule has 0 spiro atoms. The van der Waals surface area contributed by atoms with Crippen molar-refractivity contribution in [2.75, 3.05) is 7.11 Å². The van der Waals surface area contributed by atoms with E-state index in [-0.39, 0.29) is 32.6 Å². The van der Waals surface area contributed by atoms with Gasteiger partial charge in [0.1, 0.15) is 5.82 Å². The molecule has 0 saturated carbocycles. The van der Waals surface area contributed by atoms with Crippen LogP contribution >= 0.6 is 11.8 Å². The minimum absolute atomic E-state index is 0.0126. The number of imide groups is 1. The Balaban J connectivity index is 1.98. The third-order valence-corrected chi connectivity index (χ3v) is 7.61. The summed E-state index contributed by atoms with van der Waals surface area (Å²) in [6.07, 6.45) is 3.22. The lowest BCUT2D eigenvalue weighted by atomic mass is 9.62. The van der Waals surface area contributed by atoms with E-state index in [2.05, 4.69) is 39.1 Å². The molecule has 0 bridgehead atoms. The van der Waals surface area contributed by atoms with E-state index < -0.39 is 22.8 Å². The second-order valence-corrected chi connectivity index (χ2v) is 11.0. The van der Waals surface area contributed by atoms with Crippen molar-refractivity contribution in [2.45, 2.75) is 58.3 Å². The second-order valence-electron chi connectivity index (χ2n) is 10.0. The highest BCUT2D eigenvalue weighted by atomic mass is 32.2. The predicted molar refractivity (Wildman–Crippen MR) is 127 cm³/mol. The molecule has 1 saturated heterocycles. The molecule has 1 heterocycles. The first-order chi connectivity index (χ1) is 15.4. The Morgan fingerprint density at radius 2 is 1.64 bits per heavy atom. The Morgan fingerprint density at radius 1 is 1.03 bits per heavy atom. The summed E-state index contributed by atoms with van der Waals surface area (Å²) < 4.78 is 36.3. The first-order valence-electron chi connectivity index (χ1n) is 10.8. The van der Waals surface area contributed by atoms with E-state index in [0.29, 0.717) is 17.3 Å². The number of halogens is 2. The number of ether oxygens (including phenoxy) is 1. The van der Waals surface area contributed by atoms with Gasteiger partial charge < -0.3 is 4.74 Å². The van der Waals surface area contributed by atoms with Crippen molar-refractivity contribution in [2.24, 2.45) is 0 Å². The molecular weight excluding hydrogens is 444 g/mol. The number of aryl methyl sites for hydroxylation is 1. The average Bonchev–Trinajstić information content (AvgIpc) is 3.04. The van der Waals surface area contributed by atoms with Gasteiger partial charge in [0, 0.05) is 5.56 Å². The Morgan fingerprint density at radius 3 is 2.18 bits per heavy atom. The highest BCUT2D eigenvalue weighted by Crippen LogP contribution is 2.49. The molecule has 0 atom stereocenters. The molecule has 2 aliphatic rings. The molecule has 0 unspecified atom stereocenters. The van der Waals surface area contributed by atoms with Gasteiger partial charge in [-0.1, -0.05) is 33.8 Å². The van der Waals surface area contributed by atoms with Gasteiger partial charge in [0.05, 0.1) is 17.6 Å². The minimum atomic E-state index is -0.743. The summed E-state index contributed by atoms with van der Waals surface area (Å²) in [6.45, 7) is 10.6. The summed E-state index contributed by atoms with van der Waals surface area (Å²) >= 11 is 0.657. The number of carbonyl (C=O) groups is 2. The number of hydrogen-bond acceptors (Lipinski definition) is 4. The summed E-state index contributed by atoms with van der Waals surface area (Å²) in [5, 5.41) is 1.58. The molecule has 1 fully saturated rings. The number of hydrogen-bond donors (Lipinski definition) is 1. The van der Waals surface area contributed by atoms with E-state index in [1.807, 2.05) is 13.0 Å². The van der Waals surface area contributed by atoms with Crippen molar-refractivity contribution in [1.29, 1.82) is 0 Å². The third kappa shape index (κ3) is 3.97. The molecule has 0 aromatic heterocycles. The molecule has 0 radical (unpaired) electrons. The van der Waals surface area contributed by atoms with E-state index in [0.717, 1.165) is 30.0 Å². The Labute approximate surface area is 196 Å².